The van der Waals surface area contributed by atoms with Crippen LogP contribution in [0.4, 0.5) is 0 Å². The topological polar surface area (TPSA) is 55.8 Å². The monoisotopic (exact) mass is 251 g/mol. The summed E-state index contributed by atoms with van der Waals surface area (Å²) in [6, 6.07) is 0. The minimum absolute atomic E-state index is 0.162. The zero-order valence-corrected chi connectivity index (χ0v) is 10.6. The number of methoxy groups -OCH3 is 2. The molecule has 0 rings (SSSR count). The standard InChI is InChI=1S/C10H18ClNO4/c1-8(11)10(14)12(6-7-15-2)5-4-9(13)16-3/h8H,4-7H2,1-3H3. The number of nitrogens with zero attached hydrogens (tertiary/aromatic N) is 1. The Kier molecular flexibility index (Phi) is 7.93. The summed E-state index contributed by atoms with van der Waals surface area (Å²) in [5.74, 6) is -0.555. The fourth-order valence-corrected chi connectivity index (χ4v) is 1.25. The van der Waals surface area contributed by atoms with Crippen LogP contribution in [0.5, 0.6) is 0 Å². The smallest absolute Gasteiger partial charge is 0.307 e. The summed E-state index contributed by atoms with van der Waals surface area (Å²) < 4.78 is 9.39. The van der Waals surface area contributed by atoms with Crippen LogP contribution < -0.4 is 0 Å². The van der Waals surface area contributed by atoms with Gasteiger partial charge in [-0.15, -0.1) is 11.6 Å². The summed E-state index contributed by atoms with van der Waals surface area (Å²) in [7, 11) is 2.86. The Labute approximate surface area is 101 Å². The Morgan fingerprint density at radius 1 is 1.31 bits per heavy atom. The van der Waals surface area contributed by atoms with Crippen LogP contribution in [0.15, 0.2) is 0 Å². The van der Waals surface area contributed by atoms with E-state index in [1.165, 1.54) is 12.0 Å². The zero-order valence-electron chi connectivity index (χ0n) is 9.86. The van der Waals surface area contributed by atoms with Gasteiger partial charge in [-0.3, -0.25) is 9.59 Å². The highest BCUT2D eigenvalue weighted by atomic mass is 35.5. The molecule has 94 valence electrons. The van der Waals surface area contributed by atoms with Gasteiger partial charge in [0.05, 0.1) is 20.1 Å². The molecule has 1 atom stereocenters. The Morgan fingerprint density at radius 2 is 1.94 bits per heavy atom. The molecule has 0 saturated carbocycles. The minimum Gasteiger partial charge on any atom is -0.469 e. The molecule has 1 unspecified atom stereocenters. The number of amides is 1. The van der Waals surface area contributed by atoms with E-state index in [0.717, 1.165) is 0 Å². The normalized spacial score (nSPS) is 12.0. The van der Waals surface area contributed by atoms with Gasteiger partial charge in [-0.2, -0.15) is 0 Å². The first kappa shape index (κ1) is 15.2. The van der Waals surface area contributed by atoms with Gasteiger partial charge >= 0.3 is 5.97 Å². The van der Waals surface area contributed by atoms with Gasteiger partial charge in [0.15, 0.2) is 0 Å². The number of carbonyl (C=O) groups excluding carboxylic acids is 2. The fraction of sp³-hybridized carbons (Fsp3) is 0.800. The molecule has 0 spiro atoms. The summed E-state index contributed by atoms with van der Waals surface area (Å²) in [5, 5.41) is -0.602. The molecule has 0 heterocycles. The Morgan fingerprint density at radius 3 is 2.38 bits per heavy atom. The Balaban J connectivity index is 4.20. The zero-order chi connectivity index (χ0) is 12.6. The molecule has 0 aromatic carbocycles. The van der Waals surface area contributed by atoms with E-state index in [4.69, 9.17) is 16.3 Å². The first-order valence-corrected chi connectivity index (χ1v) is 5.45. The number of hydrogen-bond donors (Lipinski definition) is 0. The molecule has 0 aromatic rings. The minimum atomic E-state index is -0.602. The number of carbonyl (C=O) groups is 2. The number of esters is 1. The van der Waals surface area contributed by atoms with Crippen molar-refractivity contribution in [3.63, 3.8) is 0 Å². The van der Waals surface area contributed by atoms with Crippen LogP contribution in [0.25, 0.3) is 0 Å². The van der Waals surface area contributed by atoms with Crippen LogP contribution in [-0.2, 0) is 19.1 Å². The molecule has 0 N–H and O–H groups in total. The maximum absolute atomic E-state index is 11.6. The summed E-state index contributed by atoms with van der Waals surface area (Å²) in [6.07, 6.45) is 0.162. The largest absolute Gasteiger partial charge is 0.469 e. The molecule has 16 heavy (non-hydrogen) atoms. The van der Waals surface area contributed by atoms with Crippen molar-refractivity contribution in [2.75, 3.05) is 33.9 Å². The number of hydrogen-bond acceptors (Lipinski definition) is 4. The van der Waals surface area contributed by atoms with Crippen LogP contribution in [0.1, 0.15) is 13.3 Å². The highest BCUT2D eigenvalue weighted by Crippen LogP contribution is 2.03. The summed E-state index contributed by atoms with van der Waals surface area (Å²) in [5.41, 5.74) is 0. The third kappa shape index (κ3) is 5.92. The second-order valence-electron chi connectivity index (χ2n) is 3.26. The molecule has 5 nitrogen and oxygen atoms in total. The van der Waals surface area contributed by atoms with E-state index < -0.39 is 5.38 Å². The number of ether oxygens (including phenoxy) is 2. The first-order valence-electron chi connectivity index (χ1n) is 5.01. The van der Waals surface area contributed by atoms with E-state index in [2.05, 4.69) is 4.74 Å². The molecule has 0 aliphatic carbocycles. The van der Waals surface area contributed by atoms with Crippen molar-refractivity contribution >= 4 is 23.5 Å². The molecule has 6 heteroatoms. The third-order valence-electron chi connectivity index (χ3n) is 2.03. The molecular weight excluding hydrogens is 234 g/mol. The molecule has 1 amide bonds. The van der Waals surface area contributed by atoms with E-state index in [1.807, 2.05) is 0 Å². The highest BCUT2D eigenvalue weighted by Gasteiger charge is 2.19. The van der Waals surface area contributed by atoms with E-state index in [1.54, 1.807) is 14.0 Å². The lowest BCUT2D eigenvalue weighted by Gasteiger charge is -2.22. The van der Waals surface area contributed by atoms with Gasteiger partial charge in [0.25, 0.3) is 0 Å². The van der Waals surface area contributed by atoms with Crippen LogP contribution in [0.2, 0.25) is 0 Å². The van der Waals surface area contributed by atoms with Crippen molar-refractivity contribution in [3.05, 3.63) is 0 Å². The highest BCUT2D eigenvalue weighted by molar-refractivity contribution is 6.30. The van der Waals surface area contributed by atoms with Gasteiger partial charge in [0.2, 0.25) is 5.91 Å². The van der Waals surface area contributed by atoms with E-state index in [0.29, 0.717) is 19.7 Å². The van der Waals surface area contributed by atoms with Gasteiger partial charge in [-0.1, -0.05) is 0 Å². The summed E-state index contributed by atoms with van der Waals surface area (Å²) >= 11 is 5.70. The van der Waals surface area contributed by atoms with Crippen molar-refractivity contribution < 1.29 is 19.1 Å². The molecule has 0 radical (unpaired) electrons. The Bertz CT molecular complexity index is 233. The quantitative estimate of drug-likeness (QED) is 0.493. The number of alkyl halides is 1. The molecule has 0 bridgehead atoms. The fourth-order valence-electron chi connectivity index (χ4n) is 1.11. The van der Waals surface area contributed by atoms with Crippen molar-refractivity contribution in [2.24, 2.45) is 0 Å². The van der Waals surface area contributed by atoms with Gasteiger partial charge in [0, 0.05) is 20.2 Å². The average molecular weight is 252 g/mol. The molecule has 0 aliphatic rings. The van der Waals surface area contributed by atoms with Crippen LogP contribution in [0, 0.1) is 0 Å². The molecule has 0 fully saturated rings. The average Bonchev–Trinajstić information content (AvgIpc) is 2.27. The van der Waals surface area contributed by atoms with Gasteiger partial charge < -0.3 is 14.4 Å². The molecule has 0 aliphatic heterocycles. The van der Waals surface area contributed by atoms with E-state index in [9.17, 15) is 9.59 Å². The van der Waals surface area contributed by atoms with E-state index in [-0.39, 0.29) is 18.3 Å². The Hall–Kier alpha value is -0.810. The van der Waals surface area contributed by atoms with Gasteiger partial charge in [0.1, 0.15) is 5.38 Å². The maximum atomic E-state index is 11.6. The van der Waals surface area contributed by atoms with Gasteiger partial charge in [-0.05, 0) is 6.92 Å². The second kappa shape index (κ2) is 8.35. The number of halogens is 1. The lowest BCUT2D eigenvalue weighted by atomic mass is 10.3. The van der Waals surface area contributed by atoms with Crippen molar-refractivity contribution in [1.29, 1.82) is 0 Å². The van der Waals surface area contributed by atoms with Gasteiger partial charge in [-0.25, -0.2) is 0 Å². The van der Waals surface area contributed by atoms with E-state index >= 15 is 0 Å². The molecule has 0 aromatic heterocycles. The maximum Gasteiger partial charge on any atom is 0.307 e. The third-order valence-corrected chi connectivity index (χ3v) is 2.22. The van der Waals surface area contributed by atoms with Crippen LogP contribution >= 0.6 is 11.6 Å². The predicted octanol–water partition coefficient (Wildman–Crippen LogP) is 0.652. The summed E-state index contributed by atoms with van der Waals surface area (Å²) in [4.78, 5) is 24.1. The summed E-state index contributed by atoms with van der Waals surface area (Å²) in [6.45, 7) is 2.73. The molecule has 0 saturated heterocycles. The van der Waals surface area contributed by atoms with Crippen LogP contribution in [-0.4, -0.2) is 56.1 Å². The number of rotatable bonds is 7. The lowest BCUT2D eigenvalue weighted by molar-refractivity contribution is -0.141. The van der Waals surface area contributed by atoms with Crippen molar-refractivity contribution in [2.45, 2.75) is 18.7 Å². The predicted molar refractivity (Wildman–Crippen MR) is 60.4 cm³/mol. The SMILES string of the molecule is COCCN(CCC(=O)OC)C(=O)C(C)Cl. The first-order chi connectivity index (χ1) is 7.52. The second-order valence-corrected chi connectivity index (χ2v) is 3.91. The lowest BCUT2D eigenvalue weighted by Crippen LogP contribution is -2.39. The van der Waals surface area contributed by atoms with Crippen molar-refractivity contribution in [3.8, 4) is 0 Å². The molecular formula is C10H18ClNO4. The van der Waals surface area contributed by atoms with Crippen LogP contribution in [0.3, 0.4) is 0 Å². The van der Waals surface area contributed by atoms with Crippen molar-refractivity contribution in [1.82, 2.24) is 4.90 Å².